The van der Waals surface area contributed by atoms with Gasteiger partial charge in [0, 0.05) is 18.6 Å². The van der Waals surface area contributed by atoms with Gasteiger partial charge in [0.1, 0.15) is 5.69 Å². The average molecular weight is 277 g/mol. The fourth-order valence-electron chi connectivity index (χ4n) is 2.03. The lowest BCUT2D eigenvalue weighted by molar-refractivity contribution is 0.598. The number of nitrogens with two attached hydrogens (primary N) is 1. The smallest absolute Gasteiger partial charge is 0.163 e. The molecule has 2 N–H and O–H groups in total. The number of aromatic nitrogens is 5. The number of nitrogens with zero attached hydrogens (tertiary/aromatic N) is 5. The van der Waals surface area contributed by atoms with E-state index in [9.17, 15) is 0 Å². The van der Waals surface area contributed by atoms with Crippen LogP contribution in [0.4, 0.5) is 0 Å². The Morgan fingerprint density at radius 3 is 3.00 bits per heavy atom. The molecule has 0 spiro atoms. The predicted octanol–water partition coefficient (Wildman–Crippen LogP) is 1.44. The van der Waals surface area contributed by atoms with Gasteiger partial charge in [0.2, 0.25) is 0 Å². The lowest BCUT2D eigenvalue weighted by Gasteiger charge is -1.98. The SMILES string of the molecule is Cn1c(-c2cn(CCN)nn2)nc2ccc(Cl)cc21. The summed E-state index contributed by atoms with van der Waals surface area (Å²) in [6.07, 6.45) is 1.84. The van der Waals surface area contributed by atoms with E-state index < -0.39 is 0 Å². The molecule has 0 aliphatic carbocycles. The molecule has 2 aromatic heterocycles. The van der Waals surface area contributed by atoms with Gasteiger partial charge in [0.05, 0.1) is 23.8 Å². The van der Waals surface area contributed by atoms with Crippen LogP contribution in [0.25, 0.3) is 22.6 Å². The second-order valence-electron chi connectivity index (χ2n) is 4.28. The highest BCUT2D eigenvalue weighted by atomic mass is 35.5. The van der Waals surface area contributed by atoms with Crippen molar-refractivity contribution in [1.82, 2.24) is 24.5 Å². The first kappa shape index (κ1) is 12.1. The van der Waals surface area contributed by atoms with E-state index in [2.05, 4.69) is 15.3 Å². The maximum Gasteiger partial charge on any atom is 0.163 e. The molecule has 0 saturated heterocycles. The summed E-state index contributed by atoms with van der Waals surface area (Å²) >= 11 is 6.00. The normalized spacial score (nSPS) is 11.3. The van der Waals surface area contributed by atoms with E-state index in [1.54, 1.807) is 4.68 Å². The zero-order chi connectivity index (χ0) is 13.4. The van der Waals surface area contributed by atoms with Crippen molar-refractivity contribution in [2.24, 2.45) is 12.8 Å². The standard InChI is InChI=1S/C12H13ClN6/c1-18-11-6-8(13)2-3-9(11)15-12(18)10-7-19(5-4-14)17-16-10/h2-3,6-7H,4-5,14H2,1H3. The van der Waals surface area contributed by atoms with Crippen molar-refractivity contribution >= 4 is 22.6 Å². The molecule has 3 aromatic rings. The maximum atomic E-state index is 6.00. The van der Waals surface area contributed by atoms with Crippen LogP contribution in [0.2, 0.25) is 5.02 Å². The van der Waals surface area contributed by atoms with Crippen LogP contribution in [0.3, 0.4) is 0 Å². The molecule has 6 nitrogen and oxygen atoms in total. The number of halogens is 1. The van der Waals surface area contributed by atoms with Crippen molar-refractivity contribution in [3.8, 4) is 11.5 Å². The van der Waals surface area contributed by atoms with Gasteiger partial charge in [-0.15, -0.1) is 5.10 Å². The highest BCUT2D eigenvalue weighted by Gasteiger charge is 2.13. The highest BCUT2D eigenvalue weighted by molar-refractivity contribution is 6.31. The lowest BCUT2D eigenvalue weighted by Crippen LogP contribution is -2.10. The van der Waals surface area contributed by atoms with E-state index in [0.717, 1.165) is 22.6 Å². The van der Waals surface area contributed by atoms with Crippen LogP contribution in [0.5, 0.6) is 0 Å². The van der Waals surface area contributed by atoms with E-state index in [1.807, 2.05) is 36.0 Å². The van der Waals surface area contributed by atoms with Gasteiger partial charge < -0.3 is 10.3 Å². The minimum atomic E-state index is 0.529. The Hall–Kier alpha value is -1.92. The largest absolute Gasteiger partial charge is 0.329 e. The number of fused-ring (bicyclic) bond motifs is 1. The summed E-state index contributed by atoms with van der Waals surface area (Å²) in [4.78, 5) is 4.55. The summed E-state index contributed by atoms with van der Waals surface area (Å²) in [5.41, 5.74) is 8.07. The number of hydrogen-bond donors (Lipinski definition) is 1. The first-order valence-electron chi connectivity index (χ1n) is 5.91. The molecule has 0 unspecified atom stereocenters. The molecule has 3 rings (SSSR count). The Kier molecular flexibility index (Phi) is 2.96. The van der Waals surface area contributed by atoms with Crippen molar-refractivity contribution < 1.29 is 0 Å². The summed E-state index contributed by atoms with van der Waals surface area (Å²) in [6, 6.07) is 5.61. The van der Waals surface area contributed by atoms with Gasteiger partial charge in [-0.25, -0.2) is 4.98 Å². The third-order valence-corrected chi connectivity index (χ3v) is 3.20. The van der Waals surface area contributed by atoms with Gasteiger partial charge in [-0.3, -0.25) is 4.68 Å². The van der Waals surface area contributed by atoms with E-state index in [4.69, 9.17) is 17.3 Å². The predicted molar refractivity (Wildman–Crippen MR) is 73.8 cm³/mol. The number of imidazole rings is 1. The van der Waals surface area contributed by atoms with Gasteiger partial charge >= 0.3 is 0 Å². The fraction of sp³-hybridized carbons (Fsp3) is 0.250. The zero-order valence-electron chi connectivity index (χ0n) is 10.4. The van der Waals surface area contributed by atoms with Crippen molar-refractivity contribution in [3.63, 3.8) is 0 Å². The molecule has 2 heterocycles. The third-order valence-electron chi connectivity index (χ3n) is 2.97. The highest BCUT2D eigenvalue weighted by Crippen LogP contribution is 2.24. The molecule has 0 amide bonds. The van der Waals surface area contributed by atoms with Crippen LogP contribution in [0.15, 0.2) is 24.4 Å². The van der Waals surface area contributed by atoms with Crippen LogP contribution in [-0.2, 0) is 13.6 Å². The topological polar surface area (TPSA) is 74.5 Å². The lowest BCUT2D eigenvalue weighted by atomic mass is 10.3. The average Bonchev–Trinajstić information content (AvgIpc) is 2.96. The van der Waals surface area contributed by atoms with Gasteiger partial charge in [-0.2, -0.15) is 0 Å². The van der Waals surface area contributed by atoms with Crippen molar-refractivity contribution in [1.29, 1.82) is 0 Å². The molecule has 0 aliphatic rings. The number of hydrogen-bond acceptors (Lipinski definition) is 4. The molecular formula is C12H13ClN6. The van der Waals surface area contributed by atoms with E-state index in [-0.39, 0.29) is 0 Å². The van der Waals surface area contributed by atoms with Crippen molar-refractivity contribution in [3.05, 3.63) is 29.4 Å². The Morgan fingerprint density at radius 1 is 1.37 bits per heavy atom. The van der Waals surface area contributed by atoms with Crippen LogP contribution in [0, 0.1) is 0 Å². The molecule has 98 valence electrons. The first-order valence-corrected chi connectivity index (χ1v) is 6.29. The number of aryl methyl sites for hydroxylation is 1. The van der Waals surface area contributed by atoms with E-state index in [0.29, 0.717) is 18.1 Å². The van der Waals surface area contributed by atoms with Crippen molar-refractivity contribution in [2.45, 2.75) is 6.54 Å². The molecule has 7 heteroatoms. The molecule has 19 heavy (non-hydrogen) atoms. The molecule has 0 atom stereocenters. The molecule has 0 bridgehead atoms. The van der Waals surface area contributed by atoms with Gasteiger partial charge in [-0.1, -0.05) is 16.8 Å². The Bertz CT molecular complexity index is 729. The molecule has 0 fully saturated rings. The van der Waals surface area contributed by atoms with Crippen molar-refractivity contribution in [2.75, 3.05) is 6.54 Å². The maximum absolute atomic E-state index is 6.00. The third kappa shape index (κ3) is 2.09. The summed E-state index contributed by atoms with van der Waals surface area (Å²) < 4.78 is 3.67. The summed E-state index contributed by atoms with van der Waals surface area (Å²) in [6.45, 7) is 1.17. The monoisotopic (exact) mass is 276 g/mol. The van der Waals surface area contributed by atoms with Crippen LogP contribution in [-0.4, -0.2) is 31.1 Å². The quantitative estimate of drug-likeness (QED) is 0.786. The minimum absolute atomic E-state index is 0.529. The van der Waals surface area contributed by atoms with Crippen LogP contribution >= 0.6 is 11.6 Å². The molecule has 0 radical (unpaired) electrons. The number of rotatable bonds is 3. The Balaban J connectivity index is 2.11. The summed E-state index contributed by atoms with van der Waals surface area (Å²) in [7, 11) is 1.93. The first-order chi connectivity index (χ1) is 9.19. The summed E-state index contributed by atoms with van der Waals surface area (Å²) in [5, 5.41) is 8.83. The second-order valence-corrected chi connectivity index (χ2v) is 4.72. The summed E-state index contributed by atoms with van der Waals surface area (Å²) in [5.74, 6) is 0.764. The zero-order valence-corrected chi connectivity index (χ0v) is 11.2. The van der Waals surface area contributed by atoms with E-state index >= 15 is 0 Å². The molecule has 1 aromatic carbocycles. The molecule has 0 aliphatic heterocycles. The Morgan fingerprint density at radius 2 is 2.21 bits per heavy atom. The van der Waals surface area contributed by atoms with Gasteiger partial charge in [0.15, 0.2) is 5.82 Å². The van der Waals surface area contributed by atoms with Gasteiger partial charge in [0.25, 0.3) is 0 Å². The second kappa shape index (κ2) is 4.64. The van der Waals surface area contributed by atoms with Crippen LogP contribution in [0.1, 0.15) is 0 Å². The van der Waals surface area contributed by atoms with Gasteiger partial charge in [-0.05, 0) is 18.2 Å². The molecular weight excluding hydrogens is 264 g/mol. The van der Waals surface area contributed by atoms with E-state index in [1.165, 1.54) is 0 Å². The fourth-order valence-corrected chi connectivity index (χ4v) is 2.20. The number of benzene rings is 1. The van der Waals surface area contributed by atoms with Crippen LogP contribution < -0.4 is 5.73 Å². The molecule has 0 saturated carbocycles. The minimum Gasteiger partial charge on any atom is -0.329 e. The Labute approximate surface area is 114 Å².